The molecule has 0 spiro atoms. The van der Waals surface area contributed by atoms with Gasteiger partial charge < -0.3 is 5.73 Å². The van der Waals surface area contributed by atoms with Gasteiger partial charge in [-0.25, -0.2) is 4.98 Å². The van der Waals surface area contributed by atoms with E-state index in [9.17, 15) is 4.79 Å². The largest absolute Gasteiger partial charge is 0.364 e. The van der Waals surface area contributed by atoms with Crippen LogP contribution in [0.3, 0.4) is 0 Å². The Morgan fingerprint density at radius 3 is 2.92 bits per heavy atom. The van der Waals surface area contributed by atoms with Crippen molar-refractivity contribution in [2.75, 3.05) is 5.33 Å². The summed E-state index contributed by atoms with van der Waals surface area (Å²) in [5.74, 6) is -0.480. The SMILES string of the molecule is NC(=O)c1cccc(CCBr)n1. The summed E-state index contributed by atoms with van der Waals surface area (Å²) < 4.78 is 0. The van der Waals surface area contributed by atoms with Gasteiger partial charge in [-0.1, -0.05) is 22.0 Å². The molecule has 0 aliphatic carbocycles. The number of carbonyl (C=O) groups is 1. The molecule has 0 bridgehead atoms. The lowest BCUT2D eigenvalue weighted by molar-refractivity contribution is 0.0995. The van der Waals surface area contributed by atoms with E-state index in [4.69, 9.17) is 5.73 Å². The molecule has 1 amide bonds. The first kappa shape index (κ1) is 9.19. The van der Waals surface area contributed by atoms with Gasteiger partial charge in [-0.15, -0.1) is 0 Å². The number of amides is 1. The van der Waals surface area contributed by atoms with Gasteiger partial charge in [-0.05, 0) is 18.6 Å². The molecular formula is C8H9BrN2O. The third-order valence-electron chi connectivity index (χ3n) is 1.41. The zero-order valence-electron chi connectivity index (χ0n) is 6.46. The van der Waals surface area contributed by atoms with E-state index in [0.29, 0.717) is 5.69 Å². The van der Waals surface area contributed by atoms with Gasteiger partial charge in [-0.2, -0.15) is 0 Å². The number of aryl methyl sites for hydroxylation is 1. The molecule has 0 radical (unpaired) electrons. The number of halogens is 1. The molecule has 0 aromatic carbocycles. The third kappa shape index (κ3) is 2.30. The lowest BCUT2D eigenvalue weighted by Crippen LogP contribution is -2.13. The van der Waals surface area contributed by atoms with Gasteiger partial charge in [0.15, 0.2) is 0 Å². The van der Waals surface area contributed by atoms with Crippen molar-refractivity contribution in [2.45, 2.75) is 6.42 Å². The van der Waals surface area contributed by atoms with E-state index in [0.717, 1.165) is 17.4 Å². The summed E-state index contributed by atoms with van der Waals surface area (Å²) >= 11 is 3.29. The smallest absolute Gasteiger partial charge is 0.267 e. The average molecular weight is 229 g/mol. The van der Waals surface area contributed by atoms with Crippen molar-refractivity contribution in [2.24, 2.45) is 5.73 Å². The van der Waals surface area contributed by atoms with E-state index in [1.807, 2.05) is 6.07 Å². The number of primary amides is 1. The lowest BCUT2D eigenvalue weighted by atomic mass is 10.2. The maximum Gasteiger partial charge on any atom is 0.267 e. The molecule has 1 heterocycles. The van der Waals surface area contributed by atoms with Gasteiger partial charge in [0, 0.05) is 11.0 Å². The fraction of sp³-hybridized carbons (Fsp3) is 0.250. The summed E-state index contributed by atoms with van der Waals surface area (Å²) in [4.78, 5) is 14.8. The van der Waals surface area contributed by atoms with E-state index in [1.54, 1.807) is 12.1 Å². The minimum absolute atomic E-state index is 0.327. The van der Waals surface area contributed by atoms with E-state index >= 15 is 0 Å². The number of aromatic nitrogens is 1. The second-order valence-electron chi connectivity index (χ2n) is 2.32. The van der Waals surface area contributed by atoms with Gasteiger partial charge in [0.1, 0.15) is 5.69 Å². The lowest BCUT2D eigenvalue weighted by Gasteiger charge is -1.98. The molecule has 12 heavy (non-hydrogen) atoms. The molecule has 3 nitrogen and oxygen atoms in total. The van der Waals surface area contributed by atoms with Crippen molar-refractivity contribution in [1.82, 2.24) is 4.98 Å². The Balaban J connectivity index is 2.88. The highest BCUT2D eigenvalue weighted by Crippen LogP contribution is 2.01. The van der Waals surface area contributed by atoms with Crippen LogP contribution in [0.15, 0.2) is 18.2 Å². The van der Waals surface area contributed by atoms with Crippen LogP contribution in [0.2, 0.25) is 0 Å². The Morgan fingerprint density at radius 1 is 1.58 bits per heavy atom. The maximum absolute atomic E-state index is 10.7. The minimum Gasteiger partial charge on any atom is -0.364 e. The van der Waals surface area contributed by atoms with Crippen molar-refractivity contribution in [3.8, 4) is 0 Å². The molecule has 4 heteroatoms. The Kier molecular flexibility index (Phi) is 3.22. The van der Waals surface area contributed by atoms with Gasteiger partial charge in [0.05, 0.1) is 0 Å². The van der Waals surface area contributed by atoms with Crippen LogP contribution in [0, 0.1) is 0 Å². The first-order valence-electron chi connectivity index (χ1n) is 3.55. The molecule has 2 N–H and O–H groups in total. The molecule has 0 fully saturated rings. The van der Waals surface area contributed by atoms with Crippen LogP contribution in [0.4, 0.5) is 0 Å². The van der Waals surface area contributed by atoms with Crippen LogP contribution >= 0.6 is 15.9 Å². The second-order valence-corrected chi connectivity index (χ2v) is 3.11. The topological polar surface area (TPSA) is 56.0 Å². The molecular weight excluding hydrogens is 220 g/mol. The number of nitrogens with zero attached hydrogens (tertiary/aromatic N) is 1. The van der Waals surface area contributed by atoms with E-state index < -0.39 is 5.91 Å². The minimum atomic E-state index is -0.480. The van der Waals surface area contributed by atoms with Gasteiger partial charge >= 0.3 is 0 Å². The predicted octanol–water partition coefficient (Wildman–Crippen LogP) is 1.12. The monoisotopic (exact) mass is 228 g/mol. The van der Waals surface area contributed by atoms with Crippen molar-refractivity contribution in [1.29, 1.82) is 0 Å². The Labute approximate surface area is 79.1 Å². The van der Waals surface area contributed by atoms with Gasteiger partial charge in [0.2, 0.25) is 0 Å². The first-order chi connectivity index (χ1) is 5.74. The molecule has 1 aromatic rings. The zero-order valence-corrected chi connectivity index (χ0v) is 8.04. The Hall–Kier alpha value is -0.900. The molecule has 0 aliphatic rings. The number of pyridine rings is 1. The van der Waals surface area contributed by atoms with Crippen LogP contribution < -0.4 is 5.73 Å². The molecule has 64 valence electrons. The molecule has 0 unspecified atom stereocenters. The molecule has 1 aromatic heterocycles. The van der Waals surface area contributed by atoms with Crippen molar-refractivity contribution in [3.63, 3.8) is 0 Å². The van der Waals surface area contributed by atoms with Crippen molar-refractivity contribution in [3.05, 3.63) is 29.6 Å². The van der Waals surface area contributed by atoms with E-state index in [1.165, 1.54) is 0 Å². The highest BCUT2D eigenvalue weighted by atomic mass is 79.9. The highest BCUT2D eigenvalue weighted by molar-refractivity contribution is 9.09. The third-order valence-corrected chi connectivity index (χ3v) is 1.81. The van der Waals surface area contributed by atoms with Crippen molar-refractivity contribution < 1.29 is 4.79 Å². The normalized spacial score (nSPS) is 9.75. The number of carbonyl (C=O) groups excluding carboxylic acids is 1. The number of hydrogen-bond donors (Lipinski definition) is 1. The summed E-state index contributed by atoms with van der Waals surface area (Å²) in [6.07, 6.45) is 0.807. The van der Waals surface area contributed by atoms with Crippen LogP contribution in [-0.4, -0.2) is 16.2 Å². The summed E-state index contributed by atoms with van der Waals surface area (Å²) in [6, 6.07) is 5.26. The van der Waals surface area contributed by atoms with Crippen molar-refractivity contribution >= 4 is 21.8 Å². The standard InChI is InChI=1S/C8H9BrN2O/c9-5-4-6-2-1-3-7(11-6)8(10)12/h1-3H,4-5H2,(H2,10,12). The van der Waals surface area contributed by atoms with E-state index in [2.05, 4.69) is 20.9 Å². The fourth-order valence-electron chi connectivity index (χ4n) is 0.853. The first-order valence-corrected chi connectivity index (χ1v) is 4.68. The highest BCUT2D eigenvalue weighted by Gasteiger charge is 2.01. The van der Waals surface area contributed by atoms with Crippen LogP contribution in [0.25, 0.3) is 0 Å². The number of rotatable bonds is 3. The Morgan fingerprint density at radius 2 is 2.33 bits per heavy atom. The zero-order chi connectivity index (χ0) is 8.97. The summed E-state index contributed by atoms with van der Waals surface area (Å²) in [7, 11) is 0. The van der Waals surface area contributed by atoms with Gasteiger partial charge in [0.25, 0.3) is 5.91 Å². The fourth-order valence-corrected chi connectivity index (χ4v) is 1.26. The predicted molar refractivity (Wildman–Crippen MR) is 50.3 cm³/mol. The average Bonchev–Trinajstić information content (AvgIpc) is 2.05. The Bertz CT molecular complexity index is 288. The second kappa shape index (κ2) is 4.21. The summed E-state index contributed by atoms with van der Waals surface area (Å²) in [6.45, 7) is 0. The molecule has 1 rings (SSSR count). The number of nitrogens with two attached hydrogens (primary N) is 1. The molecule has 0 aliphatic heterocycles. The maximum atomic E-state index is 10.7. The number of hydrogen-bond acceptors (Lipinski definition) is 2. The molecule has 0 saturated heterocycles. The van der Waals surface area contributed by atoms with E-state index in [-0.39, 0.29) is 0 Å². The molecule has 0 saturated carbocycles. The van der Waals surface area contributed by atoms with Crippen LogP contribution in [0.1, 0.15) is 16.2 Å². The number of alkyl halides is 1. The van der Waals surface area contributed by atoms with Crippen LogP contribution in [-0.2, 0) is 6.42 Å². The summed E-state index contributed by atoms with van der Waals surface area (Å²) in [5.41, 5.74) is 6.27. The quantitative estimate of drug-likeness (QED) is 0.789. The molecule has 0 atom stereocenters. The summed E-state index contributed by atoms with van der Waals surface area (Å²) in [5, 5.41) is 0.836. The van der Waals surface area contributed by atoms with Crippen LogP contribution in [0.5, 0.6) is 0 Å². The van der Waals surface area contributed by atoms with Gasteiger partial charge in [-0.3, -0.25) is 4.79 Å².